The number of halogens is 1. The second-order valence-corrected chi connectivity index (χ2v) is 7.38. The zero-order valence-electron chi connectivity index (χ0n) is 14.6. The number of rotatable bonds is 4. The van der Waals surface area contributed by atoms with E-state index in [9.17, 15) is 14.3 Å². The fourth-order valence-electron chi connectivity index (χ4n) is 4.34. The van der Waals surface area contributed by atoms with Gasteiger partial charge in [-0.25, -0.2) is 4.39 Å². The highest BCUT2D eigenvalue weighted by atomic mass is 19.1. The SMILES string of the molecule is Cc1cc(NC(=O)CN2C3CCC2CC(O)(c2ccc(F)cc2)C3)no1. The number of nitrogens with one attached hydrogen (secondary N) is 1. The molecule has 2 atom stereocenters. The third kappa shape index (κ3) is 3.24. The maximum Gasteiger partial charge on any atom is 0.239 e. The number of aromatic nitrogens is 1. The van der Waals surface area contributed by atoms with Gasteiger partial charge < -0.3 is 14.9 Å². The zero-order valence-corrected chi connectivity index (χ0v) is 14.6. The molecule has 1 amide bonds. The molecule has 2 aliphatic heterocycles. The van der Waals surface area contributed by atoms with Gasteiger partial charge in [0.05, 0.1) is 12.1 Å². The van der Waals surface area contributed by atoms with Crippen molar-refractivity contribution in [3.8, 4) is 0 Å². The quantitative estimate of drug-likeness (QED) is 0.877. The zero-order chi connectivity index (χ0) is 18.3. The van der Waals surface area contributed by atoms with Crippen molar-refractivity contribution in [3.63, 3.8) is 0 Å². The summed E-state index contributed by atoms with van der Waals surface area (Å²) in [6.45, 7) is 2.03. The van der Waals surface area contributed by atoms with E-state index in [0.29, 0.717) is 24.4 Å². The van der Waals surface area contributed by atoms with E-state index in [1.54, 1.807) is 25.1 Å². The standard InChI is InChI=1S/C19H22FN3O3/c1-12-8-17(22-26-12)21-18(24)11-23-15-6-7-16(23)10-19(25,9-15)13-2-4-14(20)5-3-13/h2-5,8,15-16,25H,6-7,9-11H2,1H3,(H,21,22,24). The largest absolute Gasteiger partial charge is 0.385 e. The Kier molecular flexibility index (Phi) is 4.28. The first-order valence-electron chi connectivity index (χ1n) is 8.90. The van der Waals surface area contributed by atoms with Crippen molar-refractivity contribution >= 4 is 11.7 Å². The van der Waals surface area contributed by atoms with Crippen LogP contribution in [-0.4, -0.2) is 39.7 Å². The first-order chi connectivity index (χ1) is 12.4. The third-order valence-electron chi connectivity index (χ3n) is 5.52. The minimum absolute atomic E-state index is 0.133. The Morgan fingerprint density at radius 2 is 2.00 bits per heavy atom. The van der Waals surface area contributed by atoms with Gasteiger partial charge in [-0.05, 0) is 50.3 Å². The Morgan fingerprint density at radius 3 is 2.58 bits per heavy atom. The molecule has 1 aromatic carbocycles. The first kappa shape index (κ1) is 17.2. The number of hydrogen-bond acceptors (Lipinski definition) is 5. The van der Waals surface area contributed by atoms with Gasteiger partial charge in [0.2, 0.25) is 5.91 Å². The maximum atomic E-state index is 13.2. The van der Waals surface area contributed by atoms with Crippen molar-refractivity contribution in [2.45, 2.75) is 50.3 Å². The summed E-state index contributed by atoms with van der Waals surface area (Å²) in [7, 11) is 0. The highest BCUT2D eigenvalue weighted by Crippen LogP contribution is 2.45. The molecule has 2 unspecified atom stereocenters. The number of nitrogens with zero attached hydrogens (tertiary/aromatic N) is 2. The van der Waals surface area contributed by atoms with Crippen LogP contribution in [0.15, 0.2) is 34.9 Å². The van der Waals surface area contributed by atoms with E-state index in [1.807, 2.05) is 0 Å². The summed E-state index contributed by atoms with van der Waals surface area (Å²) in [6, 6.07) is 8.02. The van der Waals surface area contributed by atoms with Gasteiger partial charge in [-0.3, -0.25) is 9.69 Å². The van der Waals surface area contributed by atoms with Gasteiger partial charge in [0, 0.05) is 18.2 Å². The van der Waals surface area contributed by atoms with E-state index >= 15 is 0 Å². The number of anilines is 1. The van der Waals surface area contributed by atoms with Crippen molar-refractivity contribution in [1.82, 2.24) is 10.1 Å². The molecule has 6 nitrogen and oxygen atoms in total. The molecule has 2 bridgehead atoms. The molecule has 26 heavy (non-hydrogen) atoms. The van der Waals surface area contributed by atoms with Crippen LogP contribution in [0.4, 0.5) is 10.2 Å². The number of carbonyl (C=O) groups is 1. The summed E-state index contributed by atoms with van der Waals surface area (Å²) in [6.07, 6.45) is 2.99. The van der Waals surface area contributed by atoms with E-state index in [2.05, 4.69) is 15.4 Å². The van der Waals surface area contributed by atoms with E-state index in [-0.39, 0.29) is 30.4 Å². The molecule has 1 aromatic heterocycles. The van der Waals surface area contributed by atoms with Crippen LogP contribution in [0, 0.1) is 12.7 Å². The second kappa shape index (κ2) is 6.48. The highest BCUT2D eigenvalue weighted by molar-refractivity contribution is 5.91. The normalized spacial score (nSPS) is 28.3. The predicted octanol–water partition coefficient (Wildman–Crippen LogP) is 2.58. The van der Waals surface area contributed by atoms with Gasteiger partial charge in [-0.2, -0.15) is 0 Å². The highest BCUT2D eigenvalue weighted by Gasteiger charge is 2.48. The van der Waals surface area contributed by atoms with Crippen molar-refractivity contribution < 1.29 is 18.8 Å². The van der Waals surface area contributed by atoms with Crippen LogP contribution in [-0.2, 0) is 10.4 Å². The molecular weight excluding hydrogens is 337 g/mol. The molecule has 2 aliphatic rings. The summed E-state index contributed by atoms with van der Waals surface area (Å²) in [5.74, 6) is 0.613. The lowest BCUT2D eigenvalue weighted by atomic mass is 9.80. The summed E-state index contributed by atoms with van der Waals surface area (Å²) in [5, 5.41) is 17.7. The lowest BCUT2D eigenvalue weighted by Gasteiger charge is -2.43. The Bertz CT molecular complexity index is 791. The van der Waals surface area contributed by atoms with Gasteiger partial charge in [0.25, 0.3) is 0 Å². The van der Waals surface area contributed by atoms with Gasteiger partial charge in [-0.15, -0.1) is 0 Å². The fraction of sp³-hybridized carbons (Fsp3) is 0.474. The van der Waals surface area contributed by atoms with E-state index in [1.165, 1.54) is 12.1 Å². The van der Waals surface area contributed by atoms with E-state index in [0.717, 1.165) is 18.4 Å². The molecule has 2 saturated heterocycles. The van der Waals surface area contributed by atoms with Gasteiger partial charge in [-0.1, -0.05) is 17.3 Å². The van der Waals surface area contributed by atoms with Crippen LogP contribution in [0.1, 0.15) is 37.0 Å². The van der Waals surface area contributed by atoms with Crippen LogP contribution in [0.5, 0.6) is 0 Å². The maximum absolute atomic E-state index is 13.2. The molecule has 0 aliphatic carbocycles. The third-order valence-corrected chi connectivity index (χ3v) is 5.52. The minimum Gasteiger partial charge on any atom is -0.385 e. The first-order valence-corrected chi connectivity index (χ1v) is 8.90. The van der Waals surface area contributed by atoms with Crippen molar-refractivity contribution in [2.24, 2.45) is 0 Å². The smallest absolute Gasteiger partial charge is 0.239 e. The number of hydrogen-bond donors (Lipinski definition) is 2. The number of benzene rings is 1. The number of aryl methyl sites for hydroxylation is 1. The van der Waals surface area contributed by atoms with Gasteiger partial charge in [0.15, 0.2) is 5.82 Å². The van der Waals surface area contributed by atoms with Crippen LogP contribution in [0.3, 0.4) is 0 Å². The van der Waals surface area contributed by atoms with Crippen LogP contribution < -0.4 is 5.32 Å². The Morgan fingerprint density at radius 1 is 1.35 bits per heavy atom. The molecule has 2 aromatic rings. The van der Waals surface area contributed by atoms with Crippen LogP contribution in [0.2, 0.25) is 0 Å². The van der Waals surface area contributed by atoms with E-state index in [4.69, 9.17) is 4.52 Å². The Hall–Kier alpha value is -2.25. The van der Waals surface area contributed by atoms with Gasteiger partial charge in [0.1, 0.15) is 11.6 Å². The second-order valence-electron chi connectivity index (χ2n) is 7.38. The Labute approximate surface area is 151 Å². The number of fused-ring (bicyclic) bond motifs is 2. The number of amides is 1. The molecule has 3 heterocycles. The molecular formula is C19H22FN3O3. The number of carbonyl (C=O) groups excluding carboxylic acids is 1. The predicted molar refractivity (Wildman–Crippen MR) is 92.9 cm³/mol. The fourth-order valence-corrected chi connectivity index (χ4v) is 4.34. The topological polar surface area (TPSA) is 78.6 Å². The average Bonchev–Trinajstić information content (AvgIpc) is 3.09. The molecule has 2 N–H and O–H groups in total. The Balaban J connectivity index is 1.43. The number of piperidine rings is 1. The minimum atomic E-state index is -0.963. The molecule has 0 radical (unpaired) electrons. The summed E-state index contributed by atoms with van der Waals surface area (Å²) in [5.41, 5.74) is -0.214. The summed E-state index contributed by atoms with van der Waals surface area (Å²) < 4.78 is 18.1. The monoisotopic (exact) mass is 359 g/mol. The van der Waals surface area contributed by atoms with Crippen molar-refractivity contribution in [3.05, 3.63) is 47.5 Å². The summed E-state index contributed by atoms with van der Waals surface area (Å²) in [4.78, 5) is 14.5. The van der Waals surface area contributed by atoms with Crippen LogP contribution >= 0.6 is 0 Å². The molecule has 0 spiro atoms. The van der Waals surface area contributed by atoms with Crippen molar-refractivity contribution in [2.75, 3.05) is 11.9 Å². The van der Waals surface area contributed by atoms with Crippen LogP contribution in [0.25, 0.3) is 0 Å². The van der Waals surface area contributed by atoms with Crippen molar-refractivity contribution in [1.29, 1.82) is 0 Å². The molecule has 7 heteroatoms. The average molecular weight is 359 g/mol. The number of aliphatic hydroxyl groups is 1. The molecule has 2 fully saturated rings. The molecule has 138 valence electrons. The lowest BCUT2D eigenvalue weighted by Crippen LogP contribution is -2.51. The summed E-state index contributed by atoms with van der Waals surface area (Å²) >= 11 is 0. The lowest BCUT2D eigenvalue weighted by molar-refractivity contribution is -0.121. The molecule has 0 saturated carbocycles. The van der Waals surface area contributed by atoms with Gasteiger partial charge >= 0.3 is 0 Å². The molecule has 4 rings (SSSR count). The van der Waals surface area contributed by atoms with E-state index < -0.39 is 5.60 Å².